The summed E-state index contributed by atoms with van der Waals surface area (Å²) in [6, 6.07) is 11.1. The van der Waals surface area contributed by atoms with Gasteiger partial charge in [0, 0.05) is 6.04 Å². The average molecular weight is 326 g/mol. The van der Waals surface area contributed by atoms with Crippen LogP contribution in [0.25, 0.3) is 0 Å². The molecule has 0 aliphatic rings. The number of hydrogen-bond acceptors (Lipinski definition) is 3. The van der Waals surface area contributed by atoms with Crippen molar-refractivity contribution in [2.75, 3.05) is 14.2 Å². The van der Waals surface area contributed by atoms with Crippen molar-refractivity contribution in [1.82, 2.24) is 0 Å². The molecule has 2 aromatic rings. The van der Waals surface area contributed by atoms with Gasteiger partial charge in [-0.05, 0) is 41.8 Å². The Hall–Kier alpha value is -1.42. The normalized spacial score (nSPS) is 12.0. The lowest BCUT2D eigenvalue weighted by Gasteiger charge is -2.15. The molecule has 112 valence electrons. The SMILES string of the molecule is COc1ccc(C(N)Cc2ccc(Cl)c(Cl)c2)cc1OC. The van der Waals surface area contributed by atoms with Gasteiger partial charge in [0.2, 0.25) is 0 Å². The third-order valence-electron chi connectivity index (χ3n) is 3.28. The number of rotatable bonds is 5. The first-order valence-electron chi connectivity index (χ1n) is 6.46. The van der Waals surface area contributed by atoms with Gasteiger partial charge in [-0.3, -0.25) is 0 Å². The van der Waals surface area contributed by atoms with Crippen LogP contribution in [0, 0.1) is 0 Å². The van der Waals surface area contributed by atoms with Gasteiger partial charge in [-0.2, -0.15) is 0 Å². The van der Waals surface area contributed by atoms with Gasteiger partial charge in [-0.15, -0.1) is 0 Å². The standard InChI is InChI=1S/C16H17Cl2NO2/c1-20-15-6-4-11(9-16(15)21-2)14(19)8-10-3-5-12(17)13(18)7-10/h3-7,9,14H,8,19H2,1-2H3. The Balaban J connectivity index is 2.19. The van der Waals surface area contributed by atoms with E-state index in [-0.39, 0.29) is 6.04 Å². The van der Waals surface area contributed by atoms with Gasteiger partial charge >= 0.3 is 0 Å². The lowest BCUT2D eigenvalue weighted by atomic mass is 9.99. The Bertz CT molecular complexity index is 632. The van der Waals surface area contributed by atoms with E-state index in [1.54, 1.807) is 20.3 Å². The molecule has 0 fully saturated rings. The van der Waals surface area contributed by atoms with Crippen molar-refractivity contribution >= 4 is 23.2 Å². The quantitative estimate of drug-likeness (QED) is 0.893. The third-order valence-corrected chi connectivity index (χ3v) is 4.01. The molecular formula is C16H17Cl2NO2. The van der Waals surface area contributed by atoms with Crippen molar-refractivity contribution in [3.8, 4) is 11.5 Å². The maximum absolute atomic E-state index is 6.26. The second-order valence-electron chi connectivity index (χ2n) is 4.67. The van der Waals surface area contributed by atoms with E-state index in [0.29, 0.717) is 28.0 Å². The summed E-state index contributed by atoms with van der Waals surface area (Å²) in [5.41, 5.74) is 8.26. The van der Waals surface area contributed by atoms with E-state index in [2.05, 4.69) is 0 Å². The van der Waals surface area contributed by atoms with Gasteiger partial charge in [0.25, 0.3) is 0 Å². The highest BCUT2D eigenvalue weighted by atomic mass is 35.5. The zero-order valence-electron chi connectivity index (χ0n) is 11.9. The van der Waals surface area contributed by atoms with E-state index in [4.69, 9.17) is 38.4 Å². The van der Waals surface area contributed by atoms with Crippen LogP contribution in [0.4, 0.5) is 0 Å². The van der Waals surface area contributed by atoms with E-state index < -0.39 is 0 Å². The summed E-state index contributed by atoms with van der Waals surface area (Å²) in [6.07, 6.45) is 0.659. The van der Waals surface area contributed by atoms with Crippen molar-refractivity contribution in [3.63, 3.8) is 0 Å². The van der Waals surface area contributed by atoms with E-state index >= 15 is 0 Å². The molecule has 0 heterocycles. The van der Waals surface area contributed by atoms with Gasteiger partial charge in [-0.1, -0.05) is 35.3 Å². The van der Waals surface area contributed by atoms with Crippen LogP contribution in [0.5, 0.6) is 11.5 Å². The summed E-state index contributed by atoms with van der Waals surface area (Å²) < 4.78 is 10.5. The summed E-state index contributed by atoms with van der Waals surface area (Å²) in [5, 5.41) is 1.08. The Kier molecular flexibility index (Phi) is 5.34. The monoisotopic (exact) mass is 325 g/mol. The number of halogens is 2. The average Bonchev–Trinajstić information content (AvgIpc) is 2.50. The molecule has 0 amide bonds. The van der Waals surface area contributed by atoms with Crippen LogP contribution in [0.15, 0.2) is 36.4 Å². The van der Waals surface area contributed by atoms with Crippen LogP contribution in [0.2, 0.25) is 10.0 Å². The molecule has 5 heteroatoms. The lowest BCUT2D eigenvalue weighted by molar-refractivity contribution is 0.354. The number of benzene rings is 2. The van der Waals surface area contributed by atoms with E-state index in [1.807, 2.05) is 30.3 Å². The van der Waals surface area contributed by atoms with E-state index in [0.717, 1.165) is 11.1 Å². The molecule has 1 unspecified atom stereocenters. The number of hydrogen-bond donors (Lipinski definition) is 1. The fourth-order valence-corrected chi connectivity index (χ4v) is 2.44. The molecule has 2 aromatic carbocycles. The summed E-state index contributed by atoms with van der Waals surface area (Å²) in [4.78, 5) is 0. The molecule has 3 nitrogen and oxygen atoms in total. The first-order valence-corrected chi connectivity index (χ1v) is 7.22. The maximum Gasteiger partial charge on any atom is 0.161 e. The first-order chi connectivity index (χ1) is 10.0. The van der Waals surface area contributed by atoms with Gasteiger partial charge in [0.1, 0.15) is 0 Å². The van der Waals surface area contributed by atoms with Crippen LogP contribution in [-0.4, -0.2) is 14.2 Å². The first kappa shape index (κ1) is 16.0. The third kappa shape index (κ3) is 3.82. The topological polar surface area (TPSA) is 44.5 Å². The van der Waals surface area contributed by atoms with Crippen molar-refractivity contribution < 1.29 is 9.47 Å². The zero-order valence-corrected chi connectivity index (χ0v) is 13.4. The van der Waals surface area contributed by atoms with Crippen molar-refractivity contribution in [1.29, 1.82) is 0 Å². The molecule has 0 bridgehead atoms. The molecule has 0 radical (unpaired) electrons. The van der Waals surface area contributed by atoms with Gasteiger partial charge < -0.3 is 15.2 Å². The zero-order chi connectivity index (χ0) is 15.4. The minimum atomic E-state index is -0.165. The van der Waals surface area contributed by atoms with Gasteiger partial charge in [-0.25, -0.2) is 0 Å². The smallest absolute Gasteiger partial charge is 0.161 e. The Morgan fingerprint density at radius 2 is 1.67 bits per heavy atom. The summed E-state index contributed by atoms with van der Waals surface area (Å²) in [5.74, 6) is 1.35. The minimum Gasteiger partial charge on any atom is -0.493 e. The fraction of sp³-hybridized carbons (Fsp3) is 0.250. The predicted octanol–water partition coefficient (Wildman–Crippen LogP) is 4.25. The summed E-state index contributed by atoms with van der Waals surface area (Å²) in [7, 11) is 3.21. The second-order valence-corrected chi connectivity index (χ2v) is 5.49. The van der Waals surface area contributed by atoms with Crippen LogP contribution >= 0.6 is 23.2 Å². The van der Waals surface area contributed by atoms with Crippen molar-refractivity contribution in [3.05, 3.63) is 57.6 Å². The van der Waals surface area contributed by atoms with Crippen LogP contribution < -0.4 is 15.2 Å². The largest absolute Gasteiger partial charge is 0.493 e. The molecule has 0 aromatic heterocycles. The molecule has 0 aliphatic heterocycles. The molecular weight excluding hydrogens is 309 g/mol. The maximum atomic E-state index is 6.26. The minimum absolute atomic E-state index is 0.165. The highest BCUT2D eigenvalue weighted by Gasteiger charge is 2.12. The molecule has 0 saturated heterocycles. The van der Waals surface area contributed by atoms with Crippen molar-refractivity contribution in [2.24, 2.45) is 5.73 Å². The molecule has 0 saturated carbocycles. The number of ether oxygens (including phenoxy) is 2. The summed E-state index contributed by atoms with van der Waals surface area (Å²) in [6.45, 7) is 0. The second kappa shape index (κ2) is 7.03. The molecule has 1 atom stereocenters. The number of methoxy groups -OCH3 is 2. The Morgan fingerprint density at radius 3 is 2.29 bits per heavy atom. The van der Waals surface area contributed by atoms with Gasteiger partial charge in [0.05, 0.1) is 24.3 Å². The molecule has 2 N–H and O–H groups in total. The Labute approximate surface area is 134 Å². The molecule has 2 rings (SSSR count). The Morgan fingerprint density at radius 1 is 0.952 bits per heavy atom. The number of nitrogens with two attached hydrogens (primary N) is 1. The predicted molar refractivity (Wildman–Crippen MR) is 86.6 cm³/mol. The highest BCUT2D eigenvalue weighted by molar-refractivity contribution is 6.42. The van der Waals surface area contributed by atoms with Crippen LogP contribution in [0.3, 0.4) is 0 Å². The molecule has 21 heavy (non-hydrogen) atoms. The molecule has 0 spiro atoms. The van der Waals surface area contributed by atoms with Crippen LogP contribution in [0.1, 0.15) is 17.2 Å². The highest BCUT2D eigenvalue weighted by Crippen LogP contribution is 2.31. The van der Waals surface area contributed by atoms with Crippen molar-refractivity contribution in [2.45, 2.75) is 12.5 Å². The lowest BCUT2D eigenvalue weighted by Crippen LogP contribution is -2.13. The fourth-order valence-electron chi connectivity index (χ4n) is 2.12. The van der Waals surface area contributed by atoms with E-state index in [9.17, 15) is 0 Å². The van der Waals surface area contributed by atoms with E-state index in [1.165, 1.54) is 0 Å². The summed E-state index contributed by atoms with van der Waals surface area (Å²) >= 11 is 11.9. The van der Waals surface area contributed by atoms with Crippen LogP contribution in [-0.2, 0) is 6.42 Å². The van der Waals surface area contributed by atoms with Gasteiger partial charge in [0.15, 0.2) is 11.5 Å². The molecule has 0 aliphatic carbocycles.